The van der Waals surface area contributed by atoms with Gasteiger partial charge in [-0.15, -0.1) is 11.3 Å². The van der Waals surface area contributed by atoms with Crippen LogP contribution < -0.4 is 5.32 Å². The monoisotopic (exact) mass is 276 g/mol. The fourth-order valence-electron chi connectivity index (χ4n) is 2.18. The number of nitrogens with zero attached hydrogens (tertiary/aromatic N) is 1. The third kappa shape index (κ3) is 2.55. The van der Waals surface area contributed by atoms with E-state index in [4.69, 9.17) is 4.98 Å². The lowest BCUT2D eigenvalue weighted by Crippen LogP contribution is -2.05. The first-order valence-electron chi connectivity index (χ1n) is 6.59. The highest BCUT2D eigenvalue weighted by molar-refractivity contribution is 7.15. The van der Waals surface area contributed by atoms with Gasteiger partial charge in [0.05, 0.1) is 5.69 Å². The van der Waals surface area contributed by atoms with Crippen molar-refractivity contribution in [2.75, 3.05) is 7.05 Å². The molecule has 1 aliphatic rings. The topological polar surface area (TPSA) is 24.9 Å². The van der Waals surface area contributed by atoms with Crippen LogP contribution in [0.3, 0.4) is 0 Å². The summed E-state index contributed by atoms with van der Waals surface area (Å²) in [6.45, 7) is 2.63. The molecule has 1 aromatic heterocycles. The predicted molar refractivity (Wildman–Crippen MR) is 77.0 cm³/mol. The summed E-state index contributed by atoms with van der Waals surface area (Å²) in [5, 5.41) is 4.12. The number of benzene rings is 1. The van der Waals surface area contributed by atoms with Crippen LogP contribution in [0, 0.1) is 12.7 Å². The number of hydrogen-bond acceptors (Lipinski definition) is 3. The number of thiazole rings is 1. The summed E-state index contributed by atoms with van der Waals surface area (Å²) in [5.41, 5.74) is 2.78. The SMILES string of the molecule is CNCc1sc(-c2ccc(C)c(F)c2)nc1C1CC1. The second-order valence-corrected chi connectivity index (χ2v) is 6.18. The molecule has 100 valence electrons. The third-order valence-electron chi connectivity index (χ3n) is 3.45. The van der Waals surface area contributed by atoms with Crippen molar-refractivity contribution in [3.63, 3.8) is 0 Å². The Bertz CT molecular complexity index is 602. The maximum absolute atomic E-state index is 13.7. The Morgan fingerprint density at radius 2 is 2.21 bits per heavy atom. The molecule has 1 saturated carbocycles. The Kier molecular flexibility index (Phi) is 3.37. The molecule has 0 saturated heterocycles. The minimum atomic E-state index is -0.157. The van der Waals surface area contributed by atoms with Gasteiger partial charge in [-0.25, -0.2) is 9.37 Å². The Balaban J connectivity index is 1.99. The lowest BCUT2D eigenvalue weighted by Gasteiger charge is -1.99. The predicted octanol–water partition coefficient (Wildman–Crippen LogP) is 3.85. The molecular formula is C15H17FN2S. The normalized spacial score (nSPS) is 14.9. The molecule has 1 N–H and O–H groups in total. The highest BCUT2D eigenvalue weighted by Crippen LogP contribution is 2.44. The standard InChI is InChI=1S/C15H17FN2S/c1-9-3-4-11(7-12(9)16)15-18-14(10-5-6-10)13(19-15)8-17-2/h3-4,7,10,17H,5-6,8H2,1-2H3. The summed E-state index contributed by atoms with van der Waals surface area (Å²) in [6, 6.07) is 5.37. The van der Waals surface area contributed by atoms with E-state index in [-0.39, 0.29) is 5.82 Å². The van der Waals surface area contributed by atoms with Gasteiger partial charge in [-0.1, -0.05) is 12.1 Å². The minimum Gasteiger partial charge on any atom is -0.315 e. The smallest absolute Gasteiger partial charge is 0.126 e. The van der Waals surface area contributed by atoms with E-state index >= 15 is 0 Å². The molecule has 2 nitrogen and oxygen atoms in total. The summed E-state index contributed by atoms with van der Waals surface area (Å²) in [7, 11) is 1.95. The number of nitrogens with one attached hydrogen (secondary N) is 1. The van der Waals surface area contributed by atoms with Crippen LogP contribution in [0.25, 0.3) is 10.6 Å². The molecule has 0 radical (unpaired) electrons. The lowest BCUT2D eigenvalue weighted by molar-refractivity contribution is 0.619. The zero-order valence-electron chi connectivity index (χ0n) is 11.2. The van der Waals surface area contributed by atoms with Crippen molar-refractivity contribution in [3.05, 3.63) is 40.2 Å². The molecule has 0 atom stereocenters. The molecule has 0 amide bonds. The van der Waals surface area contributed by atoms with E-state index in [2.05, 4.69) is 5.32 Å². The first-order chi connectivity index (χ1) is 9.19. The van der Waals surface area contributed by atoms with Crippen molar-refractivity contribution in [2.45, 2.75) is 32.2 Å². The molecule has 0 bridgehead atoms. The summed E-state index contributed by atoms with van der Waals surface area (Å²) < 4.78 is 13.7. The Hall–Kier alpha value is -1.26. The average Bonchev–Trinajstić information content (AvgIpc) is 3.15. The fourth-order valence-corrected chi connectivity index (χ4v) is 3.33. The molecule has 2 aromatic rings. The number of aromatic nitrogens is 1. The third-order valence-corrected chi connectivity index (χ3v) is 4.57. The van der Waals surface area contributed by atoms with Gasteiger partial charge in [-0.2, -0.15) is 0 Å². The van der Waals surface area contributed by atoms with Crippen molar-refractivity contribution in [1.29, 1.82) is 0 Å². The molecule has 4 heteroatoms. The molecule has 19 heavy (non-hydrogen) atoms. The minimum absolute atomic E-state index is 0.157. The van der Waals surface area contributed by atoms with Gasteiger partial charge in [-0.3, -0.25) is 0 Å². The van der Waals surface area contributed by atoms with Crippen molar-refractivity contribution in [2.24, 2.45) is 0 Å². The molecule has 1 aromatic carbocycles. The van der Waals surface area contributed by atoms with Crippen LogP contribution in [0.15, 0.2) is 18.2 Å². The average molecular weight is 276 g/mol. The van der Waals surface area contributed by atoms with Crippen molar-refractivity contribution >= 4 is 11.3 Å². The van der Waals surface area contributed by atoms with Gasteiger partial charge in [0.2, 0.25) is 0 Å². The number of aryl methyl sites for hydroxylation is 1. The van der Waals surface area contributed by atoms with Gasteiger partial charge in [0.25, 0.3) is 0 Å². The van der Waals surface area contributed by atoms with Crippen LogP contribution in [0.5, 0.6) is 0 Å². The van der Waals surface area contributed by atoms with E-state index in [0.717, 1.165) is 17.1 Å². The van der Waals surface area contributed by atoms with Crippen LogP contribution in [0.4, 0.5) is 4.39 Å². The van der Waals surface area contributed by atoms with Crippen LogP contribution in [0.2, 0.25) is 0 Å². The maximum Gasteiger partial charge on any atom is 0.126 e. The molecule has 0 unspecified atom stereocenters. The zero-order valence-corrected chi connectivity index (χ0v) is 12.0. The highest BCUT2D eigenvalue weighted by atomic mass is 32.1. The van der Waals surface area contributed by atoms with Gasteiger partial charge >= 0.3 is 0 Å². The van der Waals surface area contributed by atoms with Crippen molar-refractivity contribution in [3.8, 4) is 10.6 Å². The highest BCUT2D eigenvalue weighted by Gasteiger charge is 2.29. The fraction of sp³-hybridized carbons (Fsp3) is 0.400. The van der Waals surface area contributed by atoms with Gasteiger partial charge < -0.3 is 5.32 Å². The number of rotatable bonds is 4. The zero-order chi connectivity index (χ0) is 13.4. The van der Waals surface area contributed by atoms with Gasteiger partial charge in [0, 0.05) is 22.9 Å². The quantitative estimate of drug-likeness (QED) is 0.917. The second kappa shape index (κ2) is 5.02. The van der Waals surface area contributed by atoms with E-state index in [1.807, 2.05) is 19.2 Å². The first kappa shape index (κ1) is 12.8. The Morgan fingerprint density at radius 1 is 1.42 bits per heavy atom. The molecular weight excluding hydrogens is 259 g/mol. The van der Waals surface area contributed by atoms with E-state index in [1.165, 1.54) is 23.4 Å². The summed E-state index contributed by atoms with van der Waals surface area (Å²) in [5.74, 6) is 0.472. The summed E-state index contributed by atoms with van der Waals surface area (Å²) in [4.78, 5) is 6.04. The van der Waals surface area contributed by atoms with Crippen molar-refractivity contribution in [1.82, 2.24) is 10.3 Å². The maximum atomic E-state index is 13.7. The summed E-state index contributed by atoms with van der Waals surface area (Å²) >= 11 is 1.68. The van der Waals surface area contributed by atoms with Gasteiger partial charge in [0.15, 0.2) is 0 Å². The van der Waals surface area contributed by atoms with E-state index in [0.29, 0.717) is 11.5 Å². The Labute approximate surface area is 116 Å². The molecule has 1 aliphatic carbocycles. The van der Waals surface area contributed by atoms with Crippen LogP contribution in [0.1, 0.15) is 34.9 Å². The van der Waals surface area contributed by atoms with E-state index in [1.54, 1.807) is 24.3 Å². The molecule has 0 spiro atoms. The van der Waals surface area contributed by atoms with Crippen LogP contribution in [-0.4, -0.2) is 12.0 Å². The van der Waals surface area contributed by atoms with E-state index in [9.17, 15) is 4.39 Å². The van der Waals surface area contributed by atoms with Crippen molar-refractivity contribution < 1.29 is 4.39 Å². The first-order valence-corrected chi connectivity index (χ1v) is 7.41. The van der Waals surface area contributed by atoms with Gasteiger partial charge in [0.1, 0.15) is 10.8 Å². The molecule has 1 fully saturated rings. The van der Waals surface area contributed by atoms with Gasteiger partial charge in [-0.05, 0) is 38.4 Å². The summed E-state index contributed by atoms with van der Waals surface area (Å²) in [6.07, 6.45) is 2.48. The van der Waals surface area contributed by atoms with Crippen LogP contribution in [-0.2, 0) is 6.54 Å². The second-order valence-electron chi connectivity index (χ2n) is 5.10. The van der Waals surface area contributed by atoms with Crippen LogP contribution >= 0.6 is 11.3 Å². The lowest BCUT2D eigenvalue weighted by atomic mass is 10.1. The number of hydrogen-bond donors (Lipinski definition) is 1. The molecule has 3 rings (SSSR count). The molecule has 1 heterocycles. The van der Waals surface area contributed by atoms with E-state index < -0.39 is 0 Å². The largest absolute Gasteiger partial charge is 0.315 e. The molecule has 0 aliphatic heterocycles. The Morgan fingerprint density at radius 3 is 2.84 bits per heavy atom. The number of halogens is 1.